The van der Waals surface area contributed by atoms with Gasteiger partial charge in [-0.3, -0.25) is 4.79 Å². The monoisotopic (exact) mass is 389 g/mol. The number of benzene rings is 1. The molecule has 0 radical (unpaired) electrons. The van der Waals surface area contributed by atoms with Crippen LogP contribution in [0, 0.1) is 5.92 Å². The molecule has 2 aliphatic rings. The van der Waals surface area contributed by atoms with Crippen LogP contribution < -0.4 is 20.9 Å². The van der Waals surface area contributed by atoms with Crippen LogP contribution in [-0.4, -0.2) is 36.8 Å². The lowest BCUT2D eigenvalue weighted by Gasteiger charge is -2.31. The number of nitrogens with one attached hydrogen (secondary N) is 3. The van der Waals surface area contributed by atoms with Crippen molar-refractivity contribution in [3.8, 4) is 5.75 Å². The van der Waals surface area contributed by atoms with Crippen LogP contribution in [0.4, 0.5) is 0 Å². The van der Waals surface area contributed by atoms with Crippen molar-refractivity contribution < 1.29 is 4.74 Å². The van der Waals surface area contributed by atoms with Gasteiger partial charge in [0.1, 0.15) is 5.75 Å². The molecule has 1 aliphatic carbocycles. The molecule has 146 valence electrons. The summed E-state index contributed by atoms with van der Waals surface area (Å²) < 4.78 is 6.20. The second-order valence-electron chi connectivity index (χ2n) is 7.87. The molecule has 2 aromatic rings. The van der Waals surface area contributed by atoms with E-state index in [1.165, 1.54) is 12.8 Å². The minimum atomic E-state index is -0.124. The second-order valence-corrected chi connectivity index (χ2v) is 8.28. The van der Waals surface area contributed by atoms with E-state index in [-0.39, 0.29) is 11.7 Å². The number of ether oxygens (including phenoxy) is 1. The lowest BCUT2D eigenvalue weighted by atomic mass is 9.91. The largest absolute Gasteiger partial charge is 0.489 e. The van der Waals surface area contributed by atoms with Gasteiger partial charge in [-0.05, 0) is 87.7 Å². The van der Waals surface area contributed by atoms with Gasteiger partial charge in [0.2, 0.25) is 0 Å². The Morgan fingerprint density at radius 3 is 2.67 bits per heavy atom. The summed E-state index contributed by atoms with van der Waals surface area (Å²) in [5.41, 5.74) is -0.124. The van der Waals surface area contributed by atoms with Crippen molar-refractivity contribution in [1.29, 1.82) is 0 Å². The first kappa shape index (κ1) is 18.8. The molecule has 0 amide bonds. The molecule has 1 aromatic carbocycles. The summed E-state index contributed by atoms with van der Waals surface area (Å²) in [7, 11) is 0. The van der Waals surface area contributed by atoms with Crippen LogP contribution in [0.1, 0.15) is 38.5 Å². The zero-order chi connectivity index (χ0) is 18.6. The maximum atomic E-state index is 11.9. The predicted molar refractivity (Wildman–Crippen MR) is 110 cm³/mol. The fourth-order valence-electron chi connectivity index (χ4n) is 4.26. The van der Waals surface area contributed by atoms with Gasteiger partial charge in [-0.25, -0.2) is 0 Å². The Kier molecular flexibility index (Phi) is 6.01. The number of pyridine rings is 1. The number of H-pyrrole nitrogens is 1. The quantitative estimate of drug-likeness (QED) is 0.732. The van der Waals surface area contributed by atoms with Crippen molar-refractivity contribution in [2.24, 2.45) is 5.92 Å². The molecule has 27 heavy (non-hydrogen) atoms. The van der Waals surface area contributed by atoms with Crippen molar-refractivity contribution in [3.63, 3.8) is 0 Å². The van der Waals surface area contributed by atoms with Crippen molar-refractivity contribution >= 4 is 22.4 Å². The van der Waals surface area contributed by atoms with Crippen molar-refractivity contribution in [2.75, 3.05) is 19.6 Å². The van der Waals surface area contributed by atoms with E-state index in [0.717, 1.165) is 56.6 Å². The SMILES string of the molecule is O=c1[nH]ccc2cc(O[C@H]3CC[C@@H](NCC4CCNCC4)CC3)c(Cl)cc12. The molecular formula is C21H28ClN3O2. The fraction of sp³-hybridized carbons (Fsp3) is 0.571. The number of aromatic nitrogens is 1. The molecule has 0 bridgehead atoms. The molecule has 3 N–H and O–H groups in total. The van der Waals surface area contributed by atoms with Gasteiger partial charge in [0.15, 0.2) is 0 Å². The van der Waals surface area contributed by atoms with Crippen LogP contribution in [0.5, 0.6) is 5.75 Å². The average Bonchev–Trinajstić information content (AvgIpc) is 2.70. The third kappa shape index (κ3) is 4.65. The van der Waals surface area contributed by atoms with Gasteiger partial charge in [0.25, 0.3) is 5.56 Å². The predicted octanol–water partition coefficient (Wildman–Crippen LogP) is 3.46. The molecule has 1 aromatic heterocycles. The van der Waals surface area contributed by atoms with Gasteiger partial charge >= 0.3 is 0 Å². The molecule has 2 fully saturated rings. The van der Waals surface area contributed by atoms with Gasteiger partial charge < -0.3 is 20.4 Å². The van der Waals surface area contributed by atoms with E-state index in [1.54, 1.807) is 12.3 Å². The number of hydrogen-bond donors (Lipinski definition) is 3. The smallest absolute Gasteiger partial charge is 0.255 e. The highest BCUT2D eigenvalue weighted by atomic mass is 35.5. The summed E-state index contributed by atoms with van der Waals surface area (Å²) in [6.07, 6.45) is 8.77. The van der Waals surface area contributed by atoms with Gasteiger partial charge in [-0.2, -0.15) is 0 Å². The standard InChI is InChI=1S/C21H28ClN3O2/c22-19-12-18-15(7-10-24-21(18)26)11-20(19)27-17-3-1-16(2-4-17)25-13-14-5-8-23-9-6-14/h7,10-12,14,16-17,23,25H,1-6,8-9,13H2,(H,24,26)/t16-,17+. The number of piperidine rings is 1. The Balaban J connectivity index is 1.30. The van der Waals surface area contributed by atoms with Crippen LogP contribution in [0.2, 0.25) is 5.02 Å². The Morgan fingerprint density at radius 2 is 1.89 bits per heavy atom. The first-order valence-electron chi connectivity index (χ1n) is 10.1. The summed E-state index contributed by atoms with van der Waals surface area (Å²) in [6, 6.07) is 6.07. The first-order valence-corrected chi connectivity index (χ1v) is 10.5. The third-order valence-corrected chi connectivity index (χ3v) is 6.24. The van der Waals surface area contributed by atoms with Gasteiger partial charge in [0.05, 0.1) is 11.1 Å². The number of halogens is 1. The Bertz CT molecular complexity index is 824. The highest BCUT2D eigenvalue weighted by Gasteiger charge is 2.24. The molecule has 6 heteroatoms. The third-order valence-electron chi connectivity index (χ3n) is 5.95. The van der Waals surface area contributed by atoms with Crippen LogP contribution in [0.15, 0.2) is 29.2 Å². The van der Waals surface area contributed by atoms with Gasteiger partial charge in [-0.1, -0.05) is 11.6 Å². The Labute approximate surface area is 164 Å². The highest BCUT2D eigenvalue weighted by molar-refractivity contribution is 6.32. The minimum Gasteiger partial charge on any atom is -0.489 e. The summed E-state index contributed by atoms with van der Waals surface area (Å²) in [4.78, 5) is 14.6. The molecule has 1 saturated carbocycles. The molecule has 1 saturated heterocycles. The summed E-state index contributed by atoms with van der Waals surface area (Å²) in [5, 5.41) is 9.16. The maximum absolute atomic E-state index is 11.9. The molecule has 5 nitrogen and oxygen atoms in total. The van der Waals surface area contributed by atoms with Gasteiger partial charge in [-0.15, -0.1) is 0 Å². The van der Waals surface area contributed by atoms with Crippen LogP contribution in [0.3, 0.4) is 0 Å². The van der Waals surface area contributed by atoms with E-state index >= 15 is 0 Å². The van der Waals surface area contributed by atoms with E-state index in [9.17, 15) is 4.79 Å². The summed E-state index contributed by atoms with van der Waals surface area (Å²) in [6.45, 7) is 3.46. The van der Waals surface area contributed by atoms with E-state index in [0.29, 0.717) is 22.2 Å². The molecule has 1 aliphatic heterocycles. The fourth-order valence-corrected chi connectivity index (χ4v) is 4.47. The lowest BCUT2D eigenvalue weighted by Crippen LogP contribution is -2.40. The Hall–Kier alpha value is -1.56. The van der Waals surface area contributed by atoms with Crippen molar-refractivity contribution in [2.45, 2.75) is 50.7 Å². The topological polar surface area (TPSA) is 66.2 Å². The van der Waals surface area contributed by atoms with Crippen LogP contribution in [0.25, 0.3) is 10.8 Å². The van der Waals surface area contributed by atoms with E-state index in [2.05, 4.69) is 15.6 Å². The van der Waals surface area contributed by atoms with E-state index in [4.69, 9.17) is 16.3 Å². The van der Waals surface area contributed by atoms with Crippen molar-refractivity contribution in [3.05, 3.63) is 39.8 Å². The molecule has 0 unspecified atom stereocenters. The van der Waals surface area contributed by atoms with Crippen LogP contribution in [-0.2, 0) is 0 Å². The second kappa shape index (κ2) is 8.63. The van der Waals surface area contributed by atoms with E-state index < -0.39 is 0 Å². The summed E-state index contributed by atoms with van der Waals surface area (Å²) >= 11 is 6.36. The molecule has 4 rings (SSSR count). The number of rotatable bonds is 5. The minimum absolute atomic E-state index is 0.124. The highest BCUT2D eigenvalue weighted by Crippen LogP contribution is 2.32. The lowest BCUT2D eigenvalue weighted by molar-refractivity contribution is 0.138. The van der Waals surface area contributed by atoms with Crippen molar-refractivity contribution in [1.82, 2.24) is 15.6 Å². The Morgan fingerprint density at radius 1 is 1.11 bits per heavy atom. The molecule has 2 heterocycles. The molecule has 0 spiro atoms. The van der Waals surface area contributed by atoms with Crippen LogP contribution >= 0.6 is 11.6 Å². The maximum Gasteiger partial charge on any atom is 0.255 e. The number of aromatic amines is 1. The number of fused-ring (bicyclic) bond motifs is 1. The normalized spacial score (nSPS) is 24.2. The summed E-state index contributed by atoms with van der Waals surface area (Å²) in [5.74, 6) is 1.50. The van der Waals surface area contributed by atoms with Gasteiger partial charge in [0, 0.05) is 17.6 Å². The van der Waals surface area contributed by atoms with E-state index in [1.807, 2.05) is 12.1 Å². The molecular weight excluding hydrogens is 362 g/mol. The zero-order valence-electron chi connectivity index (χ0n) is 15.6. The zero-order valence-corrected chi connectivity index (χ0v) is 16.4. The average molecular weight is 390 g/mol. The first-order chi connectivity index (χ1) is 13.2. The molecule has 0 atom stereocenters. The number of hydrogen-bond acceptors (Lipinski definition) is 4.